The Morgan fingerprint density at radius 3 is 2.21 bits per heavy atom. The van der Waals surface area contributed by atoms with E-state index in [4.69, 9.17) is 4.74 Å². The number of para-hydroxylation sites is 2. The minimum atomic E-state index is 0.522. The second-order valence-electron chi connectivity index (χ2n) is 5.38. The van der Waals surface area contributed by atoms with Crippen molar-refractivity contribution in [1.29, 1.82) is 0 Å². The predicted molar refractivity (Wildman–Crippen MR) is 75.9 cm³/mol. The van der Waals surface area contributed by atoms with Crippen LogP contribution >= 0.6 is 0 Å². The summed E-state index contributed by atoms with van der Waals surface area (Å²) >= 11 is 0. The van der Waals surface area contributed by atoms with E-state index in [0.29, 0.717) is 11.8 Å². The largest absolute Gasteiger partial charge is 0.457 e. The lowest BCUT2D eigenvalue weighted by Gasteiger charge is -2.31. The molecule has 2 heteroatoms. The summed E-state index contributed by atoms with van der Waals surface area (Å²) in [4.78, 5) is 0. The fraction of sp³-hybridized carbons (Fsp3) is 0.294. The molecular weight excluding hydrogens is 234 g/mol. The van der Waals surface area contributed by atoms with Gasteiger partial charge in [-0.15, -0.1) is 0 Å². The molecule has 19 heavy (non-hydrogen) atoms. The van der Waals surface area contributed by atoms with Crippen LogP contribution in [0.1, 0.15) is 29.4 Å². The summed E-state index contributed by atoms with van der Waals surface area (Å²) < 4.78 is 6.17. The monoisotopic (exact) mass is 251 g/mol. The lowest BCUT2D eigenvalue weighted by molar-refractivity contribution is 0.406. The molecule has 1 fully saturated rings. The van der Waals surface area contributed by atoms with Crippen LogP contribution in [0, 0.1) is 0 Å². The van der Waals surface area contributed by atoms with E-state index in [-0.39, 0.29) is 0 Å². The summed E-state index contributed by atoms with van der Waals surface area (Å²) in [5.74, 6) is 3.14. The molecule has 0 amide bonds. The van der Waals surface area contributed by atoms with Crippen molar-refractivity contribution in [2.75, 3.05) is 13.1 Å². The first-order valence-corrected chi connectivity index (χ1v) is 7.00. The zero-order valence-electron chi connectivity index (χ0n) is 10.8. The van der Waals surface area contributed by atoms with Crippen LogP contribution in [0.4, 0.5) is 0 Å². The fourth-order valence-corrected chi connectivity index (χ4v) is 3.44. The van der Waals surface area contributed by atoms with E-state index in [9.17, 15) is 0 Å². The van der Waals surface area contributed by atoms with Gasteiger partial charge in [0.2, 0.25) is 0 Å². The fourth-order valence-electron chi connectivity index (χ4n) is 3.44. The highest BCUT2D eigenvalue weighted by atomic mass is 16.5. The van der Waals surface area contributed by atoms with Gasteiger partial charge in [-0.3, -0.25) is 0 Å². The molecule has 2 aliphatic heterocycles. The summed E-state index contributed by atoms with van der Waals surface area (Å²) in [5.41, 5.74) is 2.71. The molecule has 1 saturated heterocycles. The molecule has 1 N–H and O–H groups in total. The van der Waals surface area contributed by atoms with Crippen molar-refractivity contribution in [3.63, 3.8) is 0 Å². The Morgan fingerprint density at radius 2 is 1.47 bits per heavy atom. The lowest BCUT2D eigenvalue weighted by Crippen LogP contribution is -2.33. The van der Waals surface area contributed by atoms with Gasteiger partial charge in [-0.05, 0) is 42.1 Å². The van der Waals surface area contributed by atoms with Gasteiger partial charge >= 0.3 is 0 Å². The first-order chi connectivity index (χ1) is 9.43. The standard InChI is InChI=1S/C17H17NO/c1-3-7-16-13(5-1)12-9-10-18-11-15(12)14-6-2-4-8-17(14)19-16/h1-8,12,15,18H,9-11H2. The van der Waals surface area contributed by atoms with Crippen molar-refractivity contribution in [2.24, 2.45) is 0 Å². The van der Waals surface area contributed by atoms with Gasteiger partial charge in [0.1, 0.15) is 11.5 Å². The highest BCUT2D eigenvalue weighted by Gasteiger charge is 2.33. The maximum atomic E-state index is 6.17. The number of ether oxygens (including phenoxy) is 1. The predicted octanol–water partition coefficient (Wildman–Crippen LogP) is 3.65. The molecule has 2 heterocycles. The Hall–Kier alpha value is -1.80. The molecule has 2 aromatic carbocycles. The van der Waals surface area contributed by atoms with Gasteiger partial charge in [-0.1, -0.05) is 36.4 Å². The van der Waals surface area contributed by atoms with E-state index >= 15 is 0 Å². The molecular formula is C17H17NO. The Balaban J connectivity index is 1.92. The molecule has 2 atom stereocenters. The minimum Gasteiger partial charge on any atom is -0.457 e. The third kappa shape index (κ3) is 1.75. The minimum absolute atomic E-state index is 0.522. The first kappa shape index (κ1) is 11.1. The van der Waals surface area contributed by atoms with Crippen LogP contribution < -0.4 is 10.1 Å². The summed E-state index contributed by atoms with van der Waals surface area (Å²) in [6, 6.07) is 17.0. The Morgan fingerprint density at radius 1 is 0.842 bits per heavy atom. The van der Waals surface area contributed by atoms with E-state index in [0.717, 1.165) is 24.6 Å². The summed E-state index contributed by atoms with van der Waals surface area (Å²) in [6.07, 6.45) is 1.18. The number of fused-ring (bicyclic) bond motifs is 5. The molecule has 2 aliphatic rings. The summed E-state index contributed by atoms with van der Waals surface area (Å²) in [5, 5.41) is 3.53. The molecule has 0 aromatic heterocycles. The van der Waals surface area contributed by atoms with E-state index < -0.39 is 0 Å². The van der Waals surface area contributed by atoms with Crippen LogP contribution in [0.3, 0.4) is 0 Å². The van der Waals surface area contributed by atoms with Gasteiger partial charge in [0, 0.05) is 12.5 Å². The number of rotatable bonds is 0. The highest BCUT2D eigenvalue weighted by molar-refractivity contribution is 5.49. The molecule has 2 unspecified atom stereocenters. The molecule has 0 bridgehead atoms. The van der Waals surface area contributed by atoms with E-state index in [2.05, 4.69) is 53.8 Å². The number of hydrogen-bond acceptors (Lipinski definition) is 2. The molecule has 4 rings (SSSR count). The quantitative estimate of drug-likeness (QED) is 0.771. The average molecular weight is 251 g/mol. The Kier molecular flexibility index (Phi) is 2.56. The maximum absolute atomic E-state index is 6.17. The van der Waals surface area contributed by atoms with Crippen molar-refractivity contribution in [2.45, 2.75) is 18.3 Å². The van der Waals surface area contributed by atoms with Crippen molar-refractivity contribution in [1.82, 2.24) is 5.32 Å². The second kappa shape index (κ2) is 4.39. The molecule has 0 radical (unpaired) electrons. The van der Waals surface area contributed by atoms with Gasteiger partial charge in [-0.2, -0.15) is 0 Å². The Bertz CT molecular complexity index is 554. The highest BCUT2D eigenvalue weighted by Crippen LogP contribution is 2.48. The summed E-state index contributed by atoms with van der Waals surface area (Å²) in [7, 11) is 0. The third-order valence-electron chi connectivity index (χ3n) is 4.34. The SMILES string of the molecule is c1ccc2c(c1)Oc1ccccc1C1CNCCC21. The van der Waals surface area contributed by atoms with Crippen LogP contribution in [0.15, 0.2) is 48.5 Å². The lowest BCUT2D eigenvalue weighted by atomic mass is 9.77. The zero-order valence-corrected chi connectivity index (χ0v) is 10.8. The molecule has 2 aromatic rings. The van der Waals surface area contributed by atoms with Crippen molar-refractivity contribution in [3.8, 4) is 11.5 Å². The third-order valence-corrected chi connectivity index (χ3v) is 4.34. The van der Waals surface area contributed by atoms with Crippen LogP contribution in [-0.4, -0.2) is 13.1 Å². The van der Waals surface area contributed by atoms with Crippen molar-refractivity contribution >= 4 is 0 Å². The van der Waals surface area contributed by atoms with Gasteiger partial charge < -0.3 is 10.1 Å². The molecule has 0 saturated carbocycles. The van der Waals surface area contributed by atoms with Crippen molar-refractivity contribution < 1.29 is 4.74 Å². The van der Waals surface area contributed by atoms with Crippen LogP contribution in [0.2, 0.25) is 0 Å². The van der Waals surface area contributed by atoms with E-state index in [1.807, 2.05) is 0 Å². The van der Waals surface area contributed by atoms with E-state index in [1.54, 1.807) is 0 Å². The van der Waals surface area contributed by atoms with Gasteiger partial charge in [0.05, 0.1) is 0 Å². The zero-order chi connectivity index (χ0) is 12.7. The number of hydrogen-bond donors (Lipinski definition) is 1. The molecule has 2 nitrogen and oxygen atoms in total. The number of benzene rings is 2. The van der Waals surface area contributed by atoms with Crippen LogP contribution in [-0.2, 0) is 0 Å². The van der Waals surface area contributed by atoms with Gasteiger partial charge in [-0.25, -0.2) is 0 Å². The second-order valence-corrected chi connectivity index (χ2v) is 5.38. The average Bonchev–Trinajstić information content (AvgIpc) is 2.62. The van der Waals surface area contributed by atoms with Crippen LogP contribution in [0.5, 0.6) is 11.5 Å². The molecule has 96 valence electrons. The van der Waals surface area contributed by atoms with E-state index in [1.165, 1.54) is 17.5 Å². The first-order valence-electron chi connectivity index (χ1n) is 7.00. The van der Waals surface area contributed by atoms with Gasteiger partial charge in [0.25, 0.3) is 0 Å². The number of piperidine rings is 1. The van der Waals surface area contributed by atoms with Crippen molar-refractivity contribution in [3.05, 3.63) is 59.7 Å². The molecule has 0 spiro atoms. The maximum Gasteiger partial charge on any atom is 0.130 e. The Labute approximate surface area is 113 Å². The molecule has 0 aliphatic carbocycles. The normalized spacial score (nSPS) is 24.4. The topological polar surface area (TPSA) is 21.3 Å². The summed E-state index contributed by atoms with van der Waals surface area (Å²) in [6.45, 7) is 2.14. The van der Waals surface area contributed by atoms with Crippen LogP contribution in [0.25, 0.3) is 0 Å². The smallest absolute Gasteiger partial charge is 0.130 e. The van der Waals surface area contributed by atoms with Gasteiger partial charge in [0.15, 0.2) is 0 Å². The number of nitrogens with one attached hydrogen (secondary N) is 1.